The van der Waals surface area contributed by atoms with Crippen LogP contribution in [0.4, 0.5) is 5.69 Å². The van der Waals surface area contributed by atoms with Crippen LogP contribution in [0, 0.1) is 0 Å². The predicted octanol–water partition coefficient (Wildman–Crippen LogP) is 2.91. The van der Waals surface area contributed by atoms with Gasteiger partial charge in [0.2, 0.25) is 5.91 Å². The van der Waals surface area contributed by atoms with Crippen molar-refractivity contribution in [1.29, 1.82) is 0 Å². The summed E-state index contributed by atoms with van der Waals surface area (Å²) in [7, 11) is 0. The lowest BCUT2D eigenvalue weighted by Gasteiger charge is -2.21. The van der Waals surface area contributed by atoms with Crippen LogP contribution in [-0.2, 0) is 16.6 Å². The average Bonchev–Trinajstić information content (AvgIpc) is 3.16. The minimum Gasteiger partial charge on any atom is -0.493 e. The third-order valence-corrected chi connectivity index (χ3v) is 5.09. The Hall–Kier alpha value is -2.20. The molecule has 1 unspecified atom stereocenters. The normalized spacial score (nSPS) is 23.6. The fourth-order valence-electron chi connectivity index (χ4n) is 3.72. The van der Waals surface area contributed by atoms with E-state index in [0.29, 0.717) is 17.4 Å². The number of carbonyl (C=O) groups excluding carboxylic acids is 1. The van der Waals surface area contributed by atoms with Crippen molar-refractivity contribution in [3.8, 4) is 11.5 Å². The van der Waals surface area contributed by atoms with Crippen molar-refractivity contribution < 1.29 is 14.3 Å². The maximum Gasteiger partial charge on any atom is 0.243 e. The third-order valence-electron chi connectivity index (χ3n) is 4.77. The Bertz CT molecular complexity index is 848. The van der Waals surface area contributed by atoms with E-state index in [4.69, 9.17) is 21.1 Å². The van der Waals surface area contributed by atoms with Crippen LogP contribution >= 0.6 is 11.6 Å². The molecule has 22 heavy (non-hydrogen) atoms. The molecule has 3 aliphatic heterocycles. The number of benzene rings is 2. The Morgan fingerprint density at radius 3 is 3.00 bits per heavy atom. The smallest absolute Gasteiger partial charge is 0.243 e. The van der Waals surface area contributed by atoms with E-state index in [1.807, 2.05) is 30.3 Å². The van der Waals surface area contributed by atoms with E-state index in [-0.39, 0.29) is 12.5 Å². The van der Waals surface area contributed by atoms with Gasteiger partial charge in [0.1, 0.15) is 23.5 Å². The minimum atomic E-state index is -0.847. The summed E-state index contributed by atoms with van der Waals surface area (Å²) in [5.41, 5.74) is 2.75. The maximum atomic E-state index is 12.8. The van der Waals surface area contributed by atoms with Crippen molar-refractivity contribution in [2.24, 2.45) is 0 Å². The first-order valence-corrected chi connectivity index (χ1v) is 7.61. The van der Waals surface area contributed by atoms with E-state index >= 15 is 0 Å². The number of nitrogens with one attached hydrogen (secondary N) is 1. The Morgan fingerprint density at radius 2 is 2.09 bits per heavy atom. The molecule has 0 aliphatic carbocycles. The molecule has 5 rings (SSSR count). The maximum absolute atomic E-state index is 12.8. The molecule has 1 atom stereocenters. The first-order chi connectivity index (χ1) is 10.7. The highest BCUT2D eigenvalue weighted by molar-refractivity contribution is 6.33. The number of hydrogen-bond donors (Lipinski definition) is 1. The summed E-state index contributed by atoms with van der Waals surface area (Å²) in [6.45, 7) is 0.947. The standard InChI is InChI=1S/C17H12ClNO3/c18-11-2-1-3-12-15(11)17(16(20)19-12)8-22-14-7-13-9(4-5-21-13)6-10(14)17/h1-3,6-7H,4-5,8H2,(H,19,20). The fourth-order valence-corrected chi connectivity index (χ4v) is 4.06. The molecule has 2 aromatic carbocycles. The van der Waals surface area contributed by atoms with E-state index in [1.54, 1.807) is 0 Å². The van der Waals surface area contributed by atoms with Crippen molar-refractivity contribution >= 4 is 23.2 Å². The number of amides is 1. The monoisotopic (exact) mass is 313 g/mol. The summed E-state index contributed by atoms with van der Waals surface area (Å²) >= 11 is 6.42. The van der Waals surface area contributed by atoms with E-state index in [0.717, 1.165) is 34.5 Å². The molecule has 2 aromatic rings. The van der Waals surface area contributed by atoms with Gasteiger partial charge in [-0.25, -0.2) is 0 Å². The van der Waals surface area contributed by atoms with E-state index in [1.165, 1.54) is 0 Å². The van der Waals surface area contributed by atoms with Crippen LogP contribution in [0.25, 0.3) is 0 Å². The van der Waals surface area contributed by atoms with Gasteiger partial charge in [-0.05, 0) is 23.8 Å². The van der Waals surface area contributed by atoms with Gasteiger partial charge in [-0.2, -0.15) is 0 Å². The van der Waals surface area contributed by atoms with Gasteiger partial charge < -0.3 is 14.8 Å². The summed E-state index contributed by atoms with van der Waals surface area (Å²) in [4.78, 5) is 12.8. The van der Waals surface area contributed by atoms with Gasteiger partial charge in [0.25, 0.3) is 0 Å². The molecule has 0 fully saturated rings. The van der Waals surface area contributed by atoms with E-state index in [2.05, 4.69) is 5.32 Å². The Labute approximate surface area is 132 Å². The van der Waals surface area contributed by atoms with E-state index in [9.17, 15) is 4.79 Å². The summed E-state index contributed by atoms with van der Waals surface area (Å²) < 4.78 is 11.4. The molecular formula is C17H12ClNO3. The second kappa shape index (κ2) is 3.96. The summed E-state index contributed by atoms with van der Waals surface area (Å²) in [6, 6.07) is 9.48. The molecular weight excluding hydrogens is 302 g/mol. The van der Waals surface area contributed by atoms with Crippen LogP contribution in [0.15, 0.2) is 30.3 Å². The SMILES string of the molecule is O=C1Nc2cccc(Cl)c2C12COc1cc3c(cc12)CCO3. The molecule has 3 heterocycles. The van der Waals surface area contributed by atoms with Gasteiger partial charge in [-0.15, -0.1) is 0 Å². The van der Waals surface area contributed by atoms with Crippen LogP contribution in [0.3, 0.4) is 0 Å². The van der Waals surface area contributed by atoms with Gasteiger partial charge in [0.15, 0.2) is 0 Å². The number of rotatable bonds is 0. The Kier molecular flexibility index (Phi) is 2.22. The zero-order valence-corrected chi connectivity index (χ0v) is 12.4. The second-order valence-corrected chi connectivity index (χ2v) is 6.27. The summed E-state index contributed by atoms with van der Waals surface area (Å²) in [5.74, 6) is 1.49. The van der Waals surface area contributed by atoms with Gasteiger partial charge in [-0.3, -0.25) is 4.79 Å². The largest absolute Gasteiger partial charge is 0.493 e. The number of halogens is 1. The molecule has 1 spiro atoms. The molecule has 3 aliphatic rings. The lowest BCUT2D eigenvalue weighted by atomic mass is 9.76. The summed E-state index contributed by atoms with van der Waals surface area (Å²) in [5, 5.41) is 3.53. The van der Waals surface area contributed by atoms with Crippen molar-refractivity contribution in [3.63, 3.8) is 0 Å². The zero-order chi connectivity index (χ0) is 14.9. The summed E-state index contributed by atoms with van der Waals surface area (Å²) in [6.07, 6.45) is 0.857. The quantitative estimate of drug-likeness (QED) is 0.813. The lowest BCUT2D eigenvalue weighted by molar-refractivity contribution is -0.119. The van der Waals surface area contributed by atoms with Crippen molar-refractivity contribution in [2.45, 2.75) is 11.8 Å². The van der Waals surface area contributed by atoms with Gasteiger partial charge in [0.05, 0.1) is 6.61 Å². The molecule has 5 heteroatoms. The Balaban J connectivity index is 1.81. The zero-order valence-electron chi connectivity index (χ0n) is 11.6. The number of carbonyl (C=O) groups is 1. The fraction of sp³-hybridized carbons (Fsp3) is 0.235. The molecule has 1 N–H and O–H groups in total. The van der Waals surface area contributed by atoms with Gasteiger partial charge >= 0.3 is 0 Å². The molecule has 0 radical (unpaired) electrons. The first-order valence-electron chi connectivity index (χ1n) is 7.23. The molecule has 0 bridgehead atoms. The van der Waals surface area contributed by atoms with Gasteiger partial charge in [0, 0.05) is 34.3 Å². The molecule has 0 saturated heterocycles. The topological polar surface area (TPSA) is 47.6 Å². The van der Waals surface area contributed by atoms with Gasteiger partial charge in [-0.1, -0.05) is 17.7 Å². The van der Waals surface area contributed by atoms with Crippen LogP contribution in [0.5, 0.6) is 11.5 Å². The Morgan fingerprint density at radius 1 is 1.18 bits per heavy atom. The predicted molar refractivity (Wildman–Crippen MR) is 82.0 cm³/mol. The van der Waals surface area contributed by atoms with Crippen LogP contribution in [0.2, 0.25) is 5.02 Å². The highest BCUT2D eigenvalue weighted by atomic mass is 35.5. The van der Waals surface area contributed by atoms with Crippen LogP contribution < -0.4 is 14.8 Å². The lowest BCUT2D eigenvalue weighted by Crippen LogP contribution is -2.37. The molecule has 110 valence electrons. The van der Waals surface area contributed by atoms with Crippen LogP contribution in [-0.4, -0.2) is 19.1 Å². The number of fused-ring (bicyclic) bond motifs is 5. The minimum absolute atomic E-state index is 0.0757. The van der Waals surface area contributed by atoms with E-state index < -0.39 is 5.41 Å². The average molecular weight is 314 g/mol. The van der Waals surface area contributed by atoms with Crippen LogP contribution in [0.1, 0.15) is 16.7 Å². The number of hydrogen-bond acceptors (Lipinski definition) is 3. The molecule has 1 amide bonds. The first kappa shape index (κ1) is 12.4. The third kappa shape index (κ3) is 1.32. The van der Waals surface area contributed by atoms with Crippen molar-refractivity contribution in [3.05, 3.63) is 52.0 Å². The van der Waals surface area contributed by atoms with Crippen molar-refractivity contribution in [1.82, 2.24) is 0 Å². The number of ether oxygens (including phenoxy) is 2. The number of anilines is 1. The highest BCUT2D eigenvalue weighted by Crippen LogP contribution is 2.53. The highest BCUT2D eigenvalue weighted by Gasteiger charge is 2.55. The van der Waals surface area contributed by atoms with Crippen molar-refractivity contribution in [2.75, 3.05) is 18.5 Å². The second-order valence-electron chi connectivity index (χ2n) is 5.87. The molecule has 4 nitrogen and oxygen atoms in total. The molecule has 0 aromatic heterocycles. The molecule has 0 saturated carbocycles.